The fourth-order valence-electron chi connectivity index (χ4n) is 3.44. The highest BCUT2D eigenvalue weighted by atomic mass is 16.5. The quantitative estimate of drug-likeness (QED) is 0.237. The van der Waals surface area contributed by atoms with Crippen LogP contribution in [0, 0.1) is 6.92 Å². The number of phenolic OH excluding ortho intramolecular Hbond substituents is 2. The Bertz CT molecular complexity index is 842. The Kier molecular flexibility index (Phi) is 2.37. The Morgan fingerprint density at radius 3 is 2.86 bits per heavy atom. The van der Waals surface area contributed by atoms with Crippen molar-refractivity contribution in [2.24, 2.45) is 5.73 Å². The van der Waals surface area contributed by atoms with E-state index in [1.807, 2.05) is 4.57 Å². The highest BCUT2D eigenvalue weighted by Crippen LogP contribution is 2.51. The van der Waals surface area contributed by atoms with Crippen molar-refractivity contribution >= 4 is 22.7 Å². The van der Waals surface area contributed by atoms with Gasteiger partial charge in [0.2, 0.25) is 0 Å². The van der Waals surface area contributed by atoms with E-state index >= 15 is 0 Å². The predicted molar refractivity (Wildman–Crippen MR) is 78.5 cm³/mol. The first kappa shape index (κ1) is 13.1. The summed E-state index contributed by atoms with van der Waals surface area (Å²) in [7, 11) is 0. The molecule has 0 spiro atoms. The number of nitrogens with two attached hydrogens (primary N) is 2. The minimum Gasteiger partial charge on any atom is -0.505 e. The highest BCUT2D eigenvalue weighted by Gasteiger charge is 2.49. The van der Waals surface area contributed by atoms with Gasteiger partial charge in [0.25, 0.3) is 0 Å². The summed E-state index contributed by atoms with van der Waals surface area (Å²) in [5, 5.41) is 24.6. The number of phenols is 2. The van der Waals surface area contributed by atoms with Crippen molar-refractivity contribution in [2.75, 3.05) is 5.73 Å². The first-order valence-electron chi connectivity index (χ1n) is 6.95. The van der Waals surface area contributed by atoms with Gasteiger partial charge in [-0.25, -0.2) is 4.79 Å². The summed E-state index contributed by atoms with van der Waals surface area (Å²) in [5.41, 5.74) is 13.5. The van der Waals surface area contributed by atoms with Crippen LogP contribution in [0.25, 0.3) is 10.9 Å². The molecule has 22 heavy (non-hydrogen) atoms. The van der Waals surface area contributed by atoms with Crippen molar-refractivity contribution < 1.29 is 19.7 Å². The first-order chi connectivity index (χ1) is 10.4. The van der Waals surface area contributed by atoms with Crippen LogP contribution in [-0.2, 0) is 17.9 Å². The molecule has 0 unspecified atom stereocenters. The maximum Gasteiger partial charge on any atom is 0.404 e. The van der Waals surface area contributed by atoms with Crippen molar-refractivity contribution in [3.63, 3.8) is 0 Å². The monoisotopic (exact) mass is 304 g/mol. The Morgan fingerprint density at radius 2 is 2.18 bits per heavy atom. The molecule has 116 valence electrons. The second-order valence-electron chi connectivity index (χ2n) is 5.79. The summed E-state index contributed by atoms with van der Waals surface area (Å²) in [6.45, 7) is 2.26. The van der Waals surface area contributed by atoms with Gasteiger partial charge in [0.05, 0.1) is 22.6 Å². The van der Waals surface area contributed by atoms with Crippen molar-refractivity contribution in [3.05, 3.63) is 16.8 Å². The predicted octanol–water partition coefficient (Wildman–Crippen LogP) is 0.565. The Hall–Kier alpha value is -2.61. The topological polar surface area (TPSA) is 146 Å². The van der Waals surface area contributed by atoms with E-state index in [2.05, 4.69) is 5.32 Å². The fraction of sp³-hybridized carbons (Fsp3) is 0.357. The number of nitrogen functional groups attached to an aromatic ring is 1. The number of anilines is 1. The Balaban J connectivity index is 2.04. The zero-order valence-electron chi connectivity index (χ0n) is 11.9. The van der Waals surface area contributed by atoms with E-state index in [0.717, 1.165) is 5.69 Å². The lowest BCUT2D eigenvalue weighted by atomic mass is 10.0. The molecular formula is C14H16N4O4. The zero-order chi connectivity index (χ0) is 15.8. The van der Waals surface area contributed by atoms with Crippen molar-refractivity contribution in [1.82, 2.24) is 9.88 Å². The van der Waals surface area contributed by atoms with E-state index in [4.69, 9.17) is 16.2 Å². The van der Waals surface area contributed by atoms with Gasteiger partial charge in [0, 0.05) is 29.4 Å². The summed E-state index contributed by atoms with van der Waals surface area (Å²) < 4.78 is 6.86. The minimum absolute atomic E-state index is 0.0400. The van der Waals surface area contributed by atoms with Gasteiger partial charge in [-0.2, -0.15) is 0 Å². The summed E-state index contributed by atoms with van der Waals surface area (Å²) in [5.74, 6) is -0.0642. The van der Waals surface area contributed by atoms with Crippen LogP contribution in [0.1, 0.15) is 22.9 Å². The van der Waals surface area contributed by atoms with Crippen LogP contribution < -0.4 is 16.8 Å². The number of benzene rings is 1. The van der Waals surface area contributed by atoms with Crippen molar-refractivity contribution in [2.45, 2.75) is 32.2 Å². The first-order valence-corrected chi connectivity index (χ1v) is 6.95. The molecule has 2 aliphatic heterocycles. The minimum atomic E-state index is -0.893. The molecule has 2 aromatic rings. The molecule has 2 aliphatic rings. The second-order valence-corrected chi connectivity index (χ2v) is 5.79. The maximum atomic E-state index is 10.9. The van der Waals surface area contributed by atoms with Crippen molar-refractivity contribution in [1.29, 1.82) is 0 Å². The molecule has 8 nitrogen and oxygen atoms in total. The van der Waals surface area contributed by atoms with Crippen LogP contribution in [0.4, 0.5) is 10.5 Å². The molecule has 3 heterocycles. The smallest absolute Gasteiger partial charge is 0.404 e. The highest BCUT2D eigenvalue weighted by molar-refractivity contribution is 6.01. The third-order valence-electron chi connectivity index (χ3n) is 4.60. The van der Waals surface area contributed by atoms with Crippen LogP contribution in [-0.4, -0.2) is 26.9 Å². The number of aromatic nitrogens is 1. The normalized spacial score (nSPS) is 21.7. The van der Waals surface area contributed by atoms with Gasteiger partial charge in [-0.3, -0.25) is 0 Å². The molecule has 1 aromatic carbocycles. The van der Waals surface area contributed by atoms with Gasteiger partial charge in [-0.05, 0) is 6.92 Å². The number of fused-ring (bicyclic) bond motifs is 5. The van der Waals surface area contributed by atoms with Gasteiger partial charge < -0.3 is 36.3 Å². The SMILES string of the molecule is Cc1c(N)c(O)c2c(COC(N)=O)c3n(c2c1O)C[C@@H]1N[C@H]31. The standard InChI is InChI=1S/C14H16N4O4/c1-4-8(15)13(20)7-5(3-22-14(16)21)10-9-6(17-9)2-18(10)11(7)12(4)19/h6,9,17,19-20H,2-3,15H2,1H3,(H2,16,21)/t6-,9-/m0/s1. The number of ether oxygens (including phenoxy) is 1. The number of rotatable bonds is 2. The lowest BCUT2D eigenvalue weighted by molar-refractivity contribution is 0.150. The number of amides is 1. The van der Waals surface area contributed by atoms with Crippen molar-refractivity contribution in [3.8, 4) is 11.5 Å². The number of nitrogens with zero attached hydrogens (tertiary/aromatic N) is 1. The van der Waals surface area contributed by atoms with E-state index in [-0.39, 0.29) is 29.8 Å². The van der Waals surface area contributed by atoms with E-state index < -0.39 is 6.09 Å². The molecule has 2 atom stereocenters. The Labute approximate surface area is 125 Å². The molecule has 8 heteroatoms. The van der Waals surface area contributed by atoms with E-state index in [1.165, 1.54) is 0 Å². The number of aromatic hydroxyl groups is 2. The van der Waals surface area contributed by atoms with E-state index in [0.29, 0.717) is 34.6 Å². The summed E-state index contributed by atoms with van der Waals surface area (Å²) in [6.07, 6.45) is -0.893. The molecule has 4 rings (SSSR count). The van der Waals surface area contributed by atoms with Gasteiger partial charge in [0.15, 0.2) is 0 Å². The van der Waals surface area contributed by atoms with Gasteiger partial charge in [-0.1, -0.05) is 0 Å². The molecule has 7 N–H and O–H groups in total. The average Bonchev–Trinajstić information content (AvgIpc) is 3.01. The molecule has 0 saturated carbocycles. The summed E-state index contributed by atoms with van der Waals surface area (Å²) >= 11 is 0. The third kappa shape index (κ3) is 1.47. The number of carbonyl (C=O) groups is 1. The van der Waals surface area contributed by atoms with Gasteiger partial charge in [-0.15, -0.1) is 0 Å². The number of nitrogens with one attached hydrogen (secondary N) is 1. The Morgan fingerprint density at radius 1 is 1.45 bits per heavy atom. The fourth-order valence-corrected chi connectivity index (χ4v) is 3.44. The van der Waals surface area contributed by atoms with E-state index in [1.54, 1.807) is 6.92 Å². The zero-order valence-corrected chi connectivity index (χ0v) is 11.9. The third-order valence-corrected chi connectivity index (χ3v) is 4.60. The molecule has 0 aliphatic carbocycles. The van der Waals surface area contributed by atoms with Gasteiger partial charge in [0.1, 0.15) is 18.1 Å². The second kappa shape index (κ2) is 3.98. The molecule has 1 fully saturated rings. The lowest BCUT2D eigenvalue weighted by Gasteiger charge is -2.11. The van der Waals surface area contributed by atoms with Crippen LogP contribution >= 0.6 is 0 Å². The molecule has 1 aromatic heterocycles. The summed E-state index contributed by atoms with van der Waals surface area (Å²) in [4.78, 5) is 10.9. The van der Waals surface area contributed by atoms with Crippen LogP contribution in [0.2, 0.25) is 0 Å². The number of primary amides is 1. The lowest BCUT2D eigenvalue weighted by Crippen LogP contribution is -2.13. The molecule has 1 saturated heterocycles. The molecule has 0 radical (unpaired) electrons. The van der Waals surface area contributed by atoms with Crippen LogP contribution in [0.3, 0.4) is 0 Å². The van der Waals surface area contributed by atoms with Crippen LogP contribution in [0.15, 0.2) is 0 Å². The molecular weight excluding hydrogens is 288 g/mol. The molecule has 1 amide bonds. The number of hydrogen-bond acceptors (Lipinski definition) is 6. The van der Waals surface area contributed by atoms with Gasteiger partial charge >= 0.3 is 6.09 Å². The van der Waals surface area contributed by atoms with E-state index in [9.17, 15) is 15.0 Å². The molecule has 0 bridgehead atoms. The summed E-state index contributed by atoms with van der Waals surface area (Å²) in [6, 6.07) is 0.449. The van der Waals surface area contributed by atoms with Crippen LogP contribution in [0.5, 0.6) is 11.5 Å². The number of carbonyl (C=O) groups excluding carboxylic acids is 1. The average molecular weight is 304 g/mol. The maximum absolute atomic E-state index is 10.9. The largest absolute Gasteiger partial charge is 0.505 e. The number of hydrogen-bond donors (Lipinski definition) is 5.